The Hall–Kier alpha value is -3.13. The summed E-state index contributed by atoms with van der Waals surface area (Å²) in [5.41, 5.74) is 1.58. The molecular formula is C21H25NO6S. The van der Waals surface area contributed by atoms with Gasteiger partial charge in [0.05, 0.1) is 27.1 Å². The van der Waals surface area contributed by atoms with Gasteiger partial charge in [0.25, 0.3) is 5.17 Å². The van der Waals surface area contributed by atoms with Crippen LogP contribution in [-0.4, -0.2) is 55.4 Å². The third kappa shape index (κ3) is 9.57. The Morgan fingerprint density at radius 1 is 0.931 bits per heavy atom. The Labute approximate surface area is 175 Å². The second-order valence-corrected chi connectivity index (χ2v) is 6.43. The lowest BCUT2D eigenvalue weighted by atomic mass is 10.1. The minimum atomic E-state index is -0.305. The monoisotopic (exact) mass is 419 g/mol. The highest BCUT2D eigenvalue weighted by molar-refractivity contribution is 7.80. The van der Waals surface area contributed by atoms with Gasteiger partial charge >= 0.3 is 11.9 Å². The maximum atomic E-state index is 11.1. The van der Waals surface area contributed by atoms with Crippen LogP contribution in [0.1, 0.15) is 11.1 Å². The summed E-state index contributed by atoms with van der Waals surface area (Å²) in [6.07, 6.45) is 0.424. The summed E-state index contributed by atoms with van der Waals surface area (Å²) in [4.78, 5) is 23.6. The minimum Gasteiger partial charge on any atom is -0.508 e. The van der Waals surface area contributed by atoms with E-state index in [4.69, 9.17) is 22.1 Å². The van der Waals surface area contributed by atoms with Gasteiger partial charge in [0.1, 0.15) is 11.5 Å². The van der Waals surface area contributed by atoms with Crippen molar-refractivity contribution in [3.63, 3.8) is 0 Å². The Balaban J connectivity index is 0.000000308. The molecule has 0 amide bonds. The molecule has 0 aliphatic carbocycles. The summed E-state index contributed by atoms with van der Waals surface area (Å²) in [5, 5.41) is 9.42. The number of esters is 2. The summed E-state index contributed by atoms with van der Waals surface area (Å²) in [6.45, 7) is 0. The van der Waals surface area contributed by atoms with E-state index in [9.17, 15) is 9.59 Å². The van der Waals surface area contributed by atoms with Crippen molar-refractivity contribution in [2.75, 3.05) is 28.3 Å². The Morgan fingerprint density at radius 3 is 1.93 bits per heavy atom. The van der Waals surface area contributed by atoms with Crippen molar-refractivity contribution in [1.82, 2.24) is 4.90 Å². The molecule has 0 aromatic heterocycles. The summed E-state index contributed by atoms with van der Waals surface area (Å²) >= 11 is 5.03. The first kappa shape index (κ1) is 23.9. The van der Waals surface area contributed by atoms with Crippen molar-refractivity contribution in [2.45, 2.75) is 12.8 Å². The Bertz CT molecular complexity index is 837. The number of phenols is 1. The van der Waals surface area contributed by atoms with Crippen LogP contribution in [0.2, 0.25) is 0 Å². The number of rotatable bonds is 5. The zero-order valence-corrected chi connectivity index (χ0v) is 17.7. The molecule has 0 saturated heterocycles. The van der Waals surface area contributed by atoms with Gasteiger partial charge in [-0.15, -0.1) is 0 Å². The summed E-state index contributed by atoms with van der Waals surface area (Å²) in [5.74, 6) is 0.194. The van der Waals surface area contributed by atoms with Crippen LogP contribution in [0.4, 0.5) is 0 Å². The molecule has 8 heteroatoms. The van der Waals surface area contributed by atoms with Gasteiger partial charge in [-0.05, 0) is 47.6 Å². The lowest BCUT2D eigenvalue weighted by Crippen LogP contribution is -2.25. The predicted molar refractivity (Wildman–Crippen MR) is 113 cm³/mol. The van der Waals surface area contributed by atoms with E-state index in [0.29, 0.717) is 10.9 Å². The van der Waals surface area contributed by atoms with Crippen molar-refractivity contribution in [3.8, 4) is 11.5 Å². The van der Waals surface area contributed by atoms with Crippen LogP contribution in [0.5, 0.6) is 11.5 Å². The SMILES string of the molecule is COC(=O)Cc1cccc(O)c1.COC(=O)Cc1cccc(OC(=S)N(C)C)c1. The lowest BCUT2D eigenvalue weighted by molar-refractivity contribution is -0.140. The molecular weight excluding hydrogens is 394 g/mol. The molecule has 156 valence electrons. The molecule has 0 heterocycles. The highest BCUT2D eigenvalue weighted by Crippen LogP contribution is 2.15. The van der Waals surface area contributed by atoms with Gasteiger partial charge in [0.15, 0.2) is 0 Å². The molecule has 0 aliphatic rings. The van der Waals surface area contributed by atoms with Crippen LogP contribution in [-0.2, 0) is 31.9 Å². The largest absolute Gasteiger partial charge is 0.508 e. The number of methoxy groups -OCH3 is 2. The van der Waals surface area contributed by atoms with Gasteiger partial charge in [-0.3, -0.25) is 9.59 Å². The van der Waals surface area contributed by atoms with Crippen LogP contribution >= 0.6 is 12.2 Å². The number of aromatic hydroxyl groups is 1. The van der Waals surface area contributed by atoms with Crippen molar-refractivity contribution in [3.05, 3.63) is 59.7 Å². The molecule has 0 bridgehead atoms. The number of nitrogens with zero attached hydrogens (tertiary/aromatic N) is 1. The number of carbonyl (C=O) groups excluding carboxylic acids is 2. The fraction of sp³-hybridized carbons (Fsp3) is 0.286. The van der Waals surface area contributed by atoms with Gasteiger partial charge in [0.2, 0.25) is 0 Å². The molecule has 0 atom stereocenters. The average molecular weight is 419 g/mol. The third-order valence-electron chi connectivity index (χ3n) is 3.53. The third-order valence-corrected chi connectivity index (χ3v) is 3.98. The van der Waals surface area contributed by atoms with Crippen LogP contribution in [0.3, 0.4) is 0 Å². The first-order chi connectivity index (χ1) is 13.7. The molecule has 0 fully saturated rings. The molecule has 2 aromatic rings. The van der Waals surface area contributed by atoms with Crippen LogP contribution in [0.15, 0.2) is 48.5 Å². The van der Waals surface area contributed by atoms with Gasteiger partial charge in [-0.1, -0.05) is 24.3 Å². The Morgan fingerprint density at radius 2 is 1.45 bits per heavy atom. The molecule has 0 unspecified atom stereocenters. The van der Waals surface area contributed by atoms with Gasteiger partial charge in [-0.25, -0.2) is 0 Å². The lowest BCUT2D eigenvalue weighted by Gasteiger charge is -2.14. The topological polar surface area (TPSA) is 85.3 Å². The number of carbonyl (C=O) groups is 2. The summed E-state index contributed by atoms with van der Waals surface area (Å²) in [7, 11) is 6.32. The standard InChI is InChI=1S/C12H15NO3S.C9H10O3/c1-13(2)12(17)16-10-6-4-5-9(7-10)8-11(14)15-3;1-12-9(11)6-7-3-2-4-8(10)5-7/h4-7H,8H2,1-3H3;2-5,10H,6H2,1H3. The number of thiocarbonyl (C=S) groups is 1. The van der Waals surface area contributed by atoms with Crippen LogP contribution < -0.4 is 4.74 Å². The fourth-order valence-corrected chi connectivity index (χ4v) is 2.15. The Kier molecular flexibility index (Phi) is 10.2. The number of phenolic OH excluding ortho intramolecular Hbond substituents is 1. The molecule has 7 nitrogen and oxygen atoms in total. The maximum Gasteiger partial charge on any atom is 0.309 e. The van der Waals surface area contributed by atoms with Gasteiger partial charge in [0, 0.05) is 14.1 Å². The number of ether oxygens (including phenoxy) is 3. The molecule has 0 aliphatic heterocycles. The summed E-state index contributed by atoms with van der Waals surface area (Å²) in [6, 6.07) is 13.7. The molecule has 2 aromatic carbocycles. The smallest absolute Gasteiger partial charge is 0.309 e. The van der Waals surface area contributed by atoms with Crippen molar-refractivity contribution < 1.29 is 28.9 Å². The average Bonchev–Trinajstić information content (AvgIpc) is 2.68. The number of hydrogen-bond donors (Lipinski definition) is 1. The second kappa shape index (κ2) is 12.4. The first-order valence-corrected chi connectivity index (χ1v) is 9.05. The van der Waals surface area contributed by atoms with Crippen LogP contribution in [0.25, 0.3) is 0 Å². The quantitative estimate of drug-likeness (QED) is 0.585. The van der Waals surface area contributed by atoms with Crippen molar-refractivity contribution in [2.24, 2.45) is 0 Å². The molecule has 2 rings (SSSR count). The summed E-state index contributed by atoms with van der Waals surface area (Å²) < 4.78 is 14.5. The highest BCUT2D eigenvalue weighted by Gasteiger charge is 2.06. The van der Waals surface area contributed by atoms with E-state index in [-0.39, 0.29) is 30.5 Å². The van der Waals surface area contributed by atoms with E-state index in [1.165, 1.54) is 20.3 Å². The number of benzene rings is 2. The van der Waals surface area contributed by atoms with Gasteiger partial charge < -0.3 is 24.2 Å². The first-order valence-electron chi connectivity index (χ1n) is 8.64. The van der Waals surface area contributed by atoms with E-state index >= 15 is 0 Å². The fourth-order valence-electron chi connectivity index (χ4n) is 2.06. The predicted octanol–water partition coefficient (Wildman–Crippen LogP) is 2.74. The van der Waals surface area contributed by atoms with E-state index in [1.54, 1.807) is 49.3 Å². The van der Waals surface area contributed by atoms with E-state index in [1.807, 2.05) is 12.1 Å². The molecule has 0 saturated carbocycles. The molecule has 0 spiro atoms. The minimum absolute atomic E-state index is 0.163. The normalized spacial score (nSPS) is 9.52. The highest BCUT2D eigenvalue weighted by atomic mass is 32.1. The second-order valence-electron chi connectivity index (χ2n) is 6.09. The van der Waals surface area contributed by atoms with Crippen molar-refractivity contribution in [1.29, 1.82) is 0 Å². The van der Waals surface area contributed by atoms with Gasteiger partial charge in [-0.2, -0.15) is 0 Å². The van der Waals surface area contributed by atoms with E-state index < -0.39 is 0 Å². The van der Waals surface area contributed by atoms with E-state index in [0.717, 1.165) is 11.1 Å². The maximum absolute atomic E-state index is 11.1. The zero-order valence-electron chi connectivity index (χ0n) is 16.9. The molecule has 1 N–H and O–H groups in total. The number of hydrogen-bond acceptors (Lipinski definition) is 7. The van der Waals surface area contributed by atoms with Crippen molar-refractivity contribution >= 4 is 29.3 Å². The molecule has 0 radical (unpaired) electrons. The molecule has 29 heavy (non-hydrogen) atoms. The van der Waals surface area contributed by atoms with Crippen LogP contribution in [0, 0.1) is 0 Å². The zero-order chi connectivity index (χ0) is 21.8. The van der Waals surface area contributed by atoms with E-state index in [2.05, 4.69) is 9.47 Å².